The number of aromatic nitrogens is 2. The van der Waals surface area contributed by atoms with E-state index in [2.05, 4.69) is 31.8 Å². The monoisotopic (exact) mass is 503 g/mol. The molecule has 7 nitrogen and oxygen atoms in total. The van der Waals surface area contributed by atoms with Gasteiger partial charge in [0, 0.05) is 44.0 Å². The van der Waals surface area contributed by atoms with Gasteiger partial charge in [-0.2, -0.15) is 0 Å². The van der Waals surface area contributed by atoms with Crippen molar-refractivity contribution in [2.75, 3.05) is 44.2 Å². The zero-order chi connectivity index (χ0) is 25.3. The first-order valence-corrected chi connectivity index (χ1v) is 12.7. The second-order valence-corrected chi connectivity index (χ2v) is 10.1. The molecule has 194 valence electrons. The Hall–Kier alpha value is -2.88. The molecule has 0 radical (unpaired) electrons. The minimum absolute atomic E-state index is 0.0104. The first-order chi connectivity index (χ1) is 17.3. The van der Waals surface area contributed by atoms with Crippen LogP contribution in [-0.4, -0.2) is 66.4 Å². The van der Waals surface area contributed by atoms with Crippen LogP contribution in [0.5, 0.6) is 5.75 Å². The number of hydrogen-bond donors (Lipinski definition) is 1. The molecule has 2 aromatic rings. The predicted octanol–water partition coefficient (Wildman–Crippen LogP) is 3.86. The Kier molecular flexibility index (Phi) is 7.05. The highest BCUT2D eigenvalue weighted by molar-refractivity contribution is 5.84. The first-order valence-electron chi connectivity index (χ1n) is 12.7. The number of halogens is 3. The van der Waals surface area contributed by atoms with Gasteiger partial charge in [-0.25, -0.2) is 9.97 Å². The summed E-state index contributed by atoms with van der Waals surface area (Å²) in [5.74, 6) is 1.30. The van der Waals surface area contributed by atoms with Crippen LogP contribution in [0.1, 0.15) is 54.8 Å². The van der Waals surface area contributed by atoms with Gasteiger partial charge in [0.25, 0.3) is 0 Å². The number of hydrogen-bond acceptors (Lipinski definition) is 6. The molecule has 2 atom stereocenters. The molecule has 2 aliphatic carbocycles. The van der Waals surface area contributed by atoms with Crippen molar-refractivity contribution in [1.29, 1.82) is 0 Å². The van der Waals surface area contributed by atoms with E-state index < -0.39 is 12.3 Å². The molecule has 0 bridgehead atoms. The highest BCUT2D eigenvalue weighted by Gasteiger charge is 2.33. The average Bonchev–Trinajstić information content (AvgIpc) is 3.61. The molecule has 2 unspecified atom stereocenters. The van der Waals surface area contributed by atoms with Gasteiger partial charge in [-0.1, -0.05) is 19.1 Å². The maximum absolute atomic E-state index is 13.6. The lowest BCUT2D eigenvalue weighted by Gasteiger charge is -2.38. The molecule has 3 aliphatic rings. The number of carbonyl (C=O) groups is 1. The standard InChI is InChI=1S/C26H32F3N5O2/c1-17-2-9-22-23(17)24(32-16-31-22)33-10-12-34(13-11-33)25(35)21(15-30-14-18-3-4-18)19-5-7-20(8-6-19)36-26(27,28)29/h5-8,16-18,21,30H,2-4,9-15H2,1H3. The summed E-state index contributed by atoms with van der Waals surface area (Å²) >= 11 is 0. The van der Waals surface area contributed by atoms with Crippen LogP contribution in [0.3, 0.4) is 0 Å². The van der Waals surface area contributed by atoms with E-state index in [1.165, 1.54) is 30.5 Å². The fourth-order valence-corrected chi connectivity index (χ4v) is 5.24. The van der Waals surface area contributed by atoms with Crippen LogP contribution < -0.4 is 15.0 Å². The minimum Gasteiger partial charge on any atom is -0.406 e. The second-order valence-electron chi connectivity index (χ2n) is 10.1. The number of carbonyl (C=O) groups excluding carboxylic acids is 1. The lowest BCUT2D eigenvalue weighted by molar-refractivity contribution is -0.274. The van der Waals surface area contributed by atoms with Crippen LogP contribution in [0.2, 0.25) is 0 Å². The largest absolute Gasteiger partial charge is 0.573 e. The second kappa shape index (κ2) is 10.2. The number of ether oxygens (including phenoxy) is 1. The third kappa shape index (κ3) is 5.74. The van der Waals surface area contributed by atoms with Crippen molar-refractivity contribution in [1.82, 2.24) is 20.2 Å². The number of fused-ring (bicyclic) bond motifs is 1. The Morgan fingerprint density at radius 3 is 2.50 bits per heavy atom. The van der Waals surface area contributed by atoms with Crippen LogP contribution in [0.15, 0.2) is 30.6 Å². The van der Waals surface area contributed by atoms with Crippen molar-refractivity contribution in [2.45, 2.75) is 50.8 Å². The van der Waals surface area contributed by atoms with E-state index in [0.717, 1.165) is 30.9 Å². The van der Waals surface area contributed by atoms with Crippen LogP contribution >= 0.6 is 0 Å². The maximum atomic E-state index is 13.6. The predicted molar refractivity (Wildman–Crippen MR) is 129 cm³/mol. The molecule has 2 fully saturated rings. The van der Waals surface area contributed by atoms with E-state index in [9.17, 15) is 18.0 Å². The molecule has 1 aromatic carbocycles. The molecule has 1 aliphatic heterocycles. The van der Waals surface area contributed by atoms with Crippen LogP contribution in [-0.2, 0) is 11.2 Å². The number of aryl methyl sites for hydroxylation is 1. The summed E-state index contributed by atoms with van der Waals surface area (Å²) in [7, 11) is 0. The summed E-state index contributed by atoms with van der Waals surface area (Å²) in [5.41, 5.74) is 3.05. The summed E-state index contributed by atoms with van der Waals surface area (Å²) in [6, 6.07) is 5.67. The molecule has 1 saturated carbocycles. The average molecular weight is 504 g/mol. The Bertz CT molecular complexity index is 1070. The molecule has 1 aromatic heterocycles. The number of benzene rings is 1. The van der Waals surface area contributed by atoms with Crippen LogP contribution in [0.4, 0.5) is 19.0 Å². The molecular weight excluding hydrogens is 471 g/mol. The molecule has 0 spiro atoms. The van der Waals surface area contributed by atoms with E-state index in [1.807, 2.05) is 4.90 Å². The number of alkyl halides is 3. The summed E-state index contributed by atoms with van der Waals surface area (Å²) in [6.07, 6.45) is 1.35. The molecule has 1 amide bonds. The molecule has 1 N–H and O–H groups in total. The third-order valence-corrected chi connectivity index (χ3v) is 7.44. The van der Waals surface area contributed by atoms with Gasteiger partial charge < -0.3 is 19.9 Å². The minimum atomic E-state index is -4.75. The van der Waals surface area contributed by atoms with Crippen molar-refractivity contribution in [3.8, 4) is 5.75 Å². The van der Waals surface area contributed by atoms with Crippen molar-refractivity contribution < 1.29 is 22.7 Å². The van der Waals surface area contributed by atoms with Gasteiger partial charge in [0.15, 0.2) is 0 Å². The number of anilines is 1. The van der Waals surface area contributed by atoms with E-state index in [0.29, 0.717) is 50.1 Å². The van der Waals surface area contributed by atoms with E-state index in [4.69, 9.17) is 0 Å². The summed E-state index contributed by atoms with van der Waals surface area (Å²) in [5, 5.41) is 3.40. The third-order valence-electron chi connectivity index (χ3n) is 7.44. The molecule has 10 heteroatoms. The zero-order valence-corrected chi connectivity index (χ0v) is 20.4. The molecule has 2 heterocycles. The number of nitrogens with one attached hydrogen (secondary N) is 1. The van der Waals surface area contributed by atoms with Crippen molar-refractivity contribution in [3.05, 3.63) is 47.4 Å². The summed E-state index contributed by atoms with van der Waals surface area (Å²) in [6.45, 7) is 6.02. The topological polar surface area (TPSA) is 70.6 Å². The van der Waals surface area contributed by atoms with Crippen LogP contribution in [0, 0.1) is 5.92 Å². The Morgan fingerprint density at radius 1 is 1.11 bits per heavy atom. The maximum Gasteiger partial charge on any atom is 0.573 e. The van der Waals surface area contributed by atoms with E-state index in [1.54, 1.807) is 18.5 Å². The number of nitrogens with zero attached hydrogens (tertiary/aromatic N) is 4. The summed E-state index contributed by atoms with van der Waals surface area (Å²) in [4.78, 5) is 26.8. The highest BCUT2D eigenvalue weighted by atomic mass is 19.4. The molecule has 1 saturated heterocycles. The lowest BCUT2D eigenvalue weighted by Crippen LogP contribution is -2.51. The lowest BCUT2D eigenvalue weighted by atomic mass is 9.96. The van der Waals surface area contributed by atoms with Gasteiger partial charge in [0.05, 0.1) is 5.92 Å². The van der Waals surface area contributed by atoms with Gasteiger partial charge in [0.1, 0.15) is 17.9 Å². The SMILES string of the molecule is CC1CCc2ncnc(N3CCN(C(=O)C(CNCC4CC4)c4ccc(OC(F)(F)F)cc4)CC3)c21. The number of piperazine rings is 1. The van der Waals surface area contributed by atoms with Gasteiger partial charge in [-0.3, -0.25) is 4.79 Å². The van der Waals surface area contributed by atoms with E-state index in [-0.39, 0.29) is 11.7 Å². The van der Waals surface area contributed by atoms with E-state index >= 15 is 0 Å². The Labute approximate surface area is 209 Å². The molecular formula is C26H32F3N5O2. The van der Waals surface area contributed by atoms with Gasteiger partial charge >= 0.3 is 6.36 Å². The fraction of sp³-hybridized carbons (Fsp3) is 0.577. The van der Waals surface area contributed by atoms with Gasteiger partial charge in [-0.05, 0) is 61.8 Å². The smallest absolute Gasteiger partial charge is 0.406 e. The van der Waals surface area contributed by atoms with Crippen molar-refractivity contribution >= 4 is 11.7 Å². The Balaban J connectivity index is 1.26. The summed E-state index contributed by atoms with van der Waals surface area (Å²) < 4.78 is 41.7. The van der Waals surface area contributed by atoms with Gasteiger partial charge in [0.2, 0.25) is 5.91 Å². The molecule has 5 rings (SSSR count). The first kappa shape index (κ1) is 24.8. The van der Waals surface area contributed by atoms with Crippen molar-refractivity contribution in [3.63, 3.8) is 0 Å². The molecule has 36 heavy (non-hydrogen) atoms. The quantitative estimate of drug-likeness (QED) is 0.590. The van der Waals surface area contributed by atoms with Gasteiger partial charge in [-0.15, -0.1) is 13.2 Å². The number of amides is 1. The normalized spacial score (nSPS) is 20.8. The zero-order valence-electron chi connectivity index (χ0n) is 20.4. The number of rotatable bonds is 8. The highest BCUT2D eigenvalue weighted by Crippen LogP contribution is 2.37. The van der Waals surface area contributed by atoms with Crippen molar-refractivity contribution in [2.24, 2.45) is 5.92 Å². The van der Waals surface area contributed by atoms with Crippen LogP contribution in [0.25, 0.3) is 0 Å². The Morgan fingerprint density at radius 2 is 1.83 bits per heavy atom. The fourth-order valence-electron chi connectivity index (χ4n) is 5.24.